The lowest BCUT2D eigenvalue weighted by atomic mass is 10.1. The van der Waals surface area contributed by atoms with Gasteiger partial charge in [0, 0.05) is 25.7 Å². The van der Waals surface area contributed by atoms with Crippen molar-refractivity contribution in [2.75, 3.05) is 6.54 Å². The summed E-state index contributed by atoms with van der Waals surface area (Å²) in [4.78, 5) is 32.3. The average molecular weight is 391 g/mol. The third kappa shape index (κ3) is 3.81. The molecule has 0 atom stereocenters. The summed E-state index contributed by atoms with van der Waals surface area (Å²) in [6, 6.07) is 13.4. The molecule has 7 nitrogen and oxygen atoms in total. The number of para-hydroxylation sites is 2. The van der Waals surface area contributed by atoms with Gasteiger partial charge in [0.05, 0.1) is 16.6 Å². The van der Waals surface area contributed by atoms with E-state index in [9.17, 15) is 9.59 Å². The molecule has 0 radical (unpaired) electrons. The van der Waals surface area contributed by atoms with Gasteiger partial charge < -0.3 is 14.7 Å². The lowest BCUT2D eigenvalue weighted by Crippen LogP contribution is -2.27. The van der Waals surface area contributed by atoms with Gasteiger partial charge in [-0.25, -0.2) is 9.78 Å². The summed E-state index contributed by atoms with van der Waals surface area (Å²) in [5.74, 6) is 1.16. The first kappa shape index (κ1) is 19.0. The highest BCUT2D eigenvalue weighted by atomic mass is 16.2. The number of pyridine rings is 1. The zero-order valence-corrected chi connectivity index (χ0v) is 16.7. The fourth-order valence-electron chi connectivity index (χ4n) is 3.63. The molecule has 150 valence electrons. The Morgan fingerprint density at radius 2 is 1.90 bits per heavy atom. The summed E-state index contributed by atoms with van der Waals surface area (Å²) >= 11 is 0. The van der Waals surface area contributed by atoms with E-state index in [2.05, 4.69) is 29.1 Å². The van der Waals surface area contributed by atoms with Crippen LogP contribution >= 0.6 is 0 Å². The van der Waals surface area contributed by atoms with Gasteiger partial charge in [0.25, 0.3) is 5.91 Å². The van der Waals surface area contributed by atoms with Crippen molar-refractivity contribution in [2.45, 2.75) is 33.2 Å². The first-order valence-electron chi connectivity index (χ1n) is 9.96. The number of hydrogen-bond acceptors (Lipinski definition) is 3. The highest BCUT2D eigenvalue weighted by Gasteiger charge is 2.17. The Morgan fingerprint density at radius 1 is 1.14 bits per heavy atom. The molecule has 29 heavy (non-hydrogen) atoms. The van der Waals surface area contributed by atoms with Gasteiger partial charge >= 0.3 is 5.69 Å². The number of nitrogens with zero attached hydrogens (tertiary/aromatic N) is 3. The maximum atomic E-state index is 12.7. The summed E-state index contributed by atoms with van der Waals surface area (Å²) in [6.45, 7) is 5.27. The van der Waals surface area contributed by atoms with E-state index < -0.39 is 0 Å². The van der Waals surface area contributed by atoms with Crippen LogP contribution in [0.15, 0.2) is 53.5 Å². The van der Waals surface area contributed by atoms with Gasteiger partial charge in [-0.1, -0.05) is 32.0 Å². The molecule has 0 spiro atoms. The average Bonchev–Trinajstić information content (AvgIpc) is 3.22. The van der Waals surface area contributed by atoms with Gasteiger partial charge in [-0.3, -0.25) is 9.36 Å². The lowest BCUT2D eigenvalue weighted by molar-refractivity contribution is 0.0950. The molecule has 0 aliphatic rings. The molecule has 7 heteroatoms. The van der Waals surface area contributed by atoms with Crippen LogP contribution in [0.5, 0.6) is 0 Å². The number of carbonyl (C=O) groups excluding carboxylic acids is 1. The van der Waals surface area contributed by atoms with E-state index in [1.165, 1.54) is 0 Å². The Labute approximate surface area is 168 Å². The molecule has 0 saturated carbocycles. The van der Waals surface area contributed by atoms with Crippen LogP contribution in [-0.4, -0.2) is 31.4 Å². The van der Waals surface area contributed by atoms with Gasteiger partial charge in [0.1, 0.15) is 5.82 Å². The Hall–Kier alpha value is -3.35. The third-order valence-electron chi connectivity index (χ3n) is 4.95. The minimum atomic E-state index is -0.185. The number of aromatic nitrogens is 4. The van der Waals surface area contributed by atoms with Gasteiger partial charge in [-0.05, 0) is 36.6 Å². The van der Waals surface area contributed by atoms with Crippen LogP contribution in [0.1, 0.15) is 36.6 Å². The molecular weight excluding hydrogens is 366 g/mol. The van der Waals surface area contributed by atoms with Crippen molar-refractivity contribution in [3.05, 3.63) is 70.7 Å². The number of rotatable bonds is 7. The normalized spacial score (nSPS) is 11.6. The standard InChI is InChI=1S/C22H25N5O2/c1-15(2)14-19-25-20(18-10-5-6-12-26(18)19)21(28)23-11-7-13-27-17-9-4-3-8-16(17)24-22(27)29/h3-6,8-10,12,15H,7,11,13-14H2,1-2H3,(H,23,28)(H,24,29). The lowest BCUT2D eigenvalue weighted by Gasteiger charge is -2.05. The summed E-state index contributed by atoms with van der Waals surface area (Å²) in [7, 11) is 0. The number of amides is 1. The van der Waals surface area contributed by atoms with Gasteiger partial charge in [0.2, 0.25) is 0 Å². The van der Waals surface area contributed by atoms with Crippen LogP contribution in [0.3, 0.4) is 0 Å². The van der Waals surface area contributed by atoms with Crippen molar-refractivity contribution in [3.8, 4) is 0 Å². The molecule has 0 aliphatic carbocycles. The van der Waals surface area contributed by atoms with E-state index in [1.807, 2.05) is 53.1 Å². The number of H-pyrrole nitrogens is 1. The zero-order chi connectivity index (χ0) is 20.4. The smallest absolute Gasteiger partial charge is 0.326 e. The summed E-state index contributed by atoms with van der Waals surface area (Å²) < 4.78 is 3.69. The molecule has 0 aliphatic heterocycles. The fourth-order valence-corrected chi connectivity index (χ4v) is 3.63. The number of benzene rings is 1. The number of hydrogen-bond donors (Lipinski definition) is 2. The van der Waals surface area contributed by atoms with Crippen LogP contribution in [0.25, 0.3) is 16.6 Å². The number of aromatic amines is 1. The highest BCUT2D eigenvalue weighted by Crippen LogP contribution is 2.16. The van der Waals surface area contributed by atoms with E-state index in [0.717, 1.165) is 28.8 Å². The molecule has 0 unspecified atom stereocenters. The van der Waals surface area contributed by atoms with Gasteiger partial charge in [0.15, 0.2) is 5.69 Å². The SMILES string of the molecule is CC(C)Cc1nc(C(=O)NCCCn2c(=O)[nH]c3ccccc32)c2ccccn12. The Balaban J connectivity index is 1.44. The molecule has 3 heterocycles. The fraction of sp³-hybridized carbons (Fsp3) is 0.318. The largest absolute Gasteiger partial charge is 0.351 e. The second-order valence-corrected chi connectivity index (χ2v) is 7.64. The monoisotopic (exact) mass is 391 g/mol. The molecule has 1 amide bonds. The van der Waals surface area contributed by atoms with E-state index in [-0.39, 0.29) is 11.6 Å². The topological polar surface area (TPSA) is 84.2 Å². The van der Waals surface area contributed by atoms with Crippen molar-refractivity contribution in [2.24, 2.45) is 5.92 Å². The van der Waals surface area contributed by atoms with Crippen LogP contribution in [0, 0.1) is 5.92 Å². The minimum Gasteiger partial charge on any atom is -0.351 e. The van der Waals surface area contributed by atoms with E-state index in [1.54, 1.807) is 4.57 Å². The number of fused-ring (bicyclic) bond motifs is 2. The molecule has 4 aromatic rings. The quantitative estimate of drug-likeness (QED) is 0.475. The molecule has 4 rings (SSSR count). The van der Waals surface area contributed by atoms with Crippen molar-refractivity contribution in [3.63, 3.8) is 0 Å². The van der Waals surface area contributed by atoms with Crippen molar-refractivity contribution in [1.29, 1.82) is 0 Å². The highest BCUT2D eigenvalue weighted by molar-refractivity contribution is 5.99. The number of imidazole rings is 2. The second kappa shape index (κ2) is 7.95. The molecule has 3 aromatic heterocycles. The second-order valence-electron chi connectivity index (χ2n) is 7.64. The molecular formula is C22H25N5O2. The predicted molar refractivity (Wildman–Crippen MR) is 113 cm³/mol. The van der Waals surface area contributed by atoms with Crippen molar-refractivity contribution >= 4 is 22.5 Å². The summed E-state index contributed by atoms with van der Waals surface area (Å²) in [5, 5.41) is 2.95. The van der Waals surface area contributed by atoms with Crippen LogP contribution in [-0.2, 0) is 13.0 Å². The van der Waals surface area contributed by atoms with Crippen molar-refractivity contribution < 1.29 is 4.79 Å². The summed E-state index contributed by atoms with van der Waals surface area (Å²) in [5.41, 5.74) is 2.83. The summed E-state index contributed by atoms with van der Waals surface area (Å²) in [6.07, 6.45) is 3.40. The van der Waals surface area contributed by atoms with Crippen LogP contribution in [0.2, 0.25) is 0 Å². The number of nitrogens with one attached hydrogen (secondary N) is 2. The predicted octanol–water partition coefficient (Wildman–Crippen LogP) is 3.00. The van der Waals surface area contributed by atoms with Crippen LogP contribution in [0.4, 0.5) is 0 Å². The molecule has 0 saturated heterocycles. The minimum absolute atomic E-state index is 0.129. The van der Waals surface area contributed by atoms with Gasteiger partial charge in [-0.15, -0.1) is 0 Å². The molecule has 0 fully saturated rings. The number of aryl methyl sites for hydroxylation is 1. The van der Waals surface area contributed by atoms with Crippen molar-refractivity contribution in [1.82, 2.24) is 24.3 Å². The zero-order valence-electron chi connectivity index (χ0n) is 16.7. The first-order chi connectivity index (χ1) is 14.0. The Morgan fingerprint density at radius 3 is 2.72 bits per heavy atom. The molecule has 0 bridgehead atoms. The van der Waals surface area contributed by atoms with Crippen LogP contribution < -0.4 is 11.0 Å². The Bertz CT molecular complexity index is 1210. The first-order valence-corrected chi connectivity index (χ1v) is 9.96. The molecule has 1 aromatic carbocycles. The Kier molecular flexibility index (Phi) is 5.20. The van der Waals surface area contributed by atoms with E-state index >= 15 is 0 Å². The third-order valence-corrected chi connectivity index (χ3v) is 4.95. The molecule has 2 N–H and O–H groups in total. The maximum Gasteiger partial charge on any atom is 0.326 e. The maximum absolute atomic E-state index is 12.7. The van der Waals surface area contributed by atoms with Gasteiger partial charge in [-0.2, -0.15) is 0 Å². The number of carbonyl (C=O) groups is 1. The van der Waals surface area contributed by atoms with E-state index in [0.29, 0.717) is 31.1 Å². The van der Waals surface area contributed by atoms with E-state index in [4.69, 9.17) is 0 Å².